The van der Waals surface area contributed by atoms with Gasteiger partial charge in [-0.05, 0) is 60.7 Å². The molecule has 4 nitrogen and oxygen atoms in total. The van der Waals surface area contributed by atoms with Crippen LogP contribution in [0.25, 0.3) is 21.8 Å². The van der Waals surface area contributed by atoms with Crippen LogP contribution in [-0.2, 0) is 0 Å². The molecular weight excluding hydrogens is 352 g/mol. The van der Waals surface area contributed by atoms with Crippen LogP contribution in [0.3, 0.4) is 0 Å². The first kappa shape index (κ1) is 17.2. The van der Waals surface area contributed by atoms with Crippen molar-refractivity contribution < 1.29 is 0 Å². The molecule has 0 unspecified atom stereocenters. The van der Waals surface area contributed by atoms with Crippen LogP contribution in [0, 0.1) is 0 Å². The van der Waals surface area contributed by atoms with Crippen molar-refractivity contribution in [3.63, 3.8) is 0 Å². The Kier molecular flexibility index (Phi) is 4.60. The van der Waals surface area contributed by atoms with Crippen LogP contribution in [-0.4, -0.2) is 24.2 Å². The third-order valence-electron chi connectivity index (χ3n) is 4.42. The zero-order chi connectivity index (χ0) is 18.8. The highest BCUT2D eigenvalue weighted by Gasteiger charge is 2.04. The molecule has 134 valence electrons. The fraction of sp³-hybridized carbons (Fsp3) is 0.0909. The minimum atomic E-state index is 0.549. The molecule has 0 amide bonds. The number of aromatic nitrogens is 1. The van der Waals surface area contributed by atoms with E-state index >= 15 is 0 Å². The molecule has 27 heavy (non-hydrogen) atoms. The minimum Gasteiger partial charge on any atom is -0.378 e. The summed E-state index contributed by atoms with van der Waals surface area (Å²) in [6.45, 7) is 0. The first-order chi connectivity index (χ1) is 13.1. The highest BCUT2D eigenvalue weighted by atomic mass is 32.1. The van der Waals surface area contributed by atoms with Gasteiger partial charge in [-0.25, -0.2) is 4.98 Å². The van der Waals surface area contributed by atoms with Gasteiger partial charge < -0.3 is 15.5 Å². The van der Waals surface area contributed by atoms with Crippen LogP contribution in [0.4, 0.5) is 17.1 Å². The summed E-state index contributed by atoms with van der Waals surface area (Å²) in [5, 5.41) is 9.25. The highest BCUT2D eigenvalue weighted by molar-refractivity contribution is 7.80. The van der Waals surface area contributed by atoms with E-state index in [-0.39, 0.29) is 0 Å². The van der Waals surface area contributed by atoms with E-state index in [4.69, 9.17) is 17.2 Å². The Bertz CT molecular complexity index is 1120. The lowest BCUT2D eigenvalue weighted by atomic mass is 10.1. The standard InChI is InChI=1S/C22H20N4S/c1-26(2)19-11-9-17(10-12-19)23-22(27)24-18-8-7-16-13-15-5-3-4-6-20(15)25-21(16)14-18/h3-14H,1-2H3,(H2,23,24,27). The van der Waals surface area contributed by atoms with E-state index in [1.165, 1.54) is 0 Å². The van der Waals surface area contributed by atoms with Crippen molar-refractivity contribution in [1.82, 2.24) is 4.98 Å². The van der Waals surface area contributed by atoms with Gasteiger partial charge in [-0.3, -0.25) is 0 Å². The van der Waals surface area contributed by atoms with Crippen LogP contribution < -0.4 is 15.5 Å². The summed E-state index contributed by atoms with van der Waals surface area (Å²) < 4.78 is 0. The molecule has 0 fully saturated rings. The summed E-state index contributed by atoms with van der Waals surface area (Å²) in [4.78, 5) is 6.81. The Morgan fingerprint density at radius 2 is 1.44 bits per heavy atom. The molecule has 0 aliphatic heterocycles. The van der Waals surface area contributed by atoms with Gasteiger partial charge in [0.15, 0.2) is 5.11 Å². The first-order valence-electron chi connectivity index (χ1n) is 8.73. The Labute approximate surface area is 163 Å². The molecule has 1 aromatic heterocycles. The second-order valence-corrected chi connectivity index (χ2v) is 7.02. The zero-order valence-corrected chi connectivity index (χ0v) is 16.0. The van der Waals surface area contributed by atoms with E-state index in [1.807, 2.05) is 56.6 Å². The van der Waals surface area contributed by atoms with E-state index in [9.17, 15) is 0 Å². The SMILES string of the molecule is CN(C)c1ccc(NC(=S)Nc2ccc3cc4ccccc4nc3c2)cc1. The number of nitrogens with one attached hydrogen (secondary N) is 2. The molecule has 3 aromatic carbocycles. The second-order valence-electron chi connectivity index (χ2n) is 6.61. The molecule has 2 N–H and O–H groups in total. The van der Waals surface area contributed by atoms with Crippen LogP contribution >= 0.6 is 12.2 Å². The molecule has 0 saturated carbocycles. The Morgan fingerprint density at radius 1 is 0.778 bits per heavy atom. The molecule has 4 aromatic rings. The number of thiocarbonyl (C=S) groups is 1. The van der Waals surface area contributed by atoms with Gasteiger partial charge in [0.2, 0.25) is 0 Å². The summed E-state index contributed by atoms with van der Waals surface area (Å²) in [5.41, 5.74) is 4.93. The molecule has 0 bridgehead atoms. The molecule has 0 aliphatic carbocycles. The number of benzene rings is 3. The molecule has 0 saturated heterocycles. The topological polar surface area (TPSA) is 40.2 Å². The van der Waals surface area contributed by atoms with Gasteiger partial charge in [0, 0.05) is 41.9 Å². The number of rotatable bonds is 3. The molecule has 0 radical (unpaired) electrons. The number of anilines is 3. The number of hydrogen-bond donors (Lipinski definition) is 2. The molecule has 1 heterocycles. The number of para-hydroxylation sites is 1. The van der Waals surface area contributed by atoms with Gasteiger partial charge >= 0.3 is 0 Å². The van der Waals surface area contributed by atoms with Crippen LogP contribution in [0.1, 0.15) is 0 Å². The van der Waals surface area contributed by atoms with Crippen molar-refractivity contribution in [2.24, 2.45) is 0 Å². The van der Waals surface area contributed by atoms with Crippen molar-refractivity contribution in [2.45, 2.75) is 0 Å². The Hall–Kier alpha value is -3.18. The Morgan fingerprint density at radius 3 is 2.22 bits per heavy atom. The predicted octanol–water partition coefficient (Wildman–Crippen LogP) is 5.26. The third kappa shape index (κ3) is 3.83. The number of hydrogen-bond acceptors (Lipinski definition) is 3. The molecular formula is C22H20N4S. The average molecular weight is 372 g/mol. The molecule has 0 spiro atoms. The van der Waals surface area contributed by atoms with E-state index in [1.54, 1.807) is 0 Å². The molecule has 5 heteroatoms. The van der Waals surface area contributed by atoms with Crippen LogP contribution in [0.15, 0.2) is 72.8 Å². The number of nitrogens with zero attached hydrogens (tertiary/aromatic N) is 2. The van der Waals surface area contributed by atoms with Crippen molar-refractivity contribution in [1.29, 1.82) is 0 Å². The Balaban J connectivity index is 1.51. The highest BCUT2D eigenvalue weighted by Crippen LogP contribution is 2.23. The average Bonchev–Trinajstić information content (AvgIpc) is 2.66. The van der Waals surface area contributed by atoms with Gasteiger partial charge in [-0.2, -0.15) is 0 Å². The third-order valence-corrected chi connectivity index (χ3v) is 4.62. The normalized spacial score (nSPS) is 10.7. The lowest BCUT2D eigenvalue weighted by Crippen LogP contribution is -2.19. The molecule has 4 rings (SSSR count). The van der Waals surface area contributed by atoms with Gasteiger partial charge in [0.05, 0.1) is 11.0 Å². The second kappa shape index (κ2) is 7.21. The largest absolute Gasteiger partial charge is 0.378 e. The van der Waals surface area contributed by atoms with Gasteiger partial charge in [0.1, 0.15) is 0 Å². The van der Waals surface area contributed by atoms with Crippen molar-refractivity contribution in [3.8, 4) is 0 Å². The van der Waals surface area contributed by atoms with Crippen molar-refractivity contribution >= 4 is 56.2 Å². The van der Waals surface area contributed by atoms with E-state index in [0.29, 0.717) is 5.11 Å². The van der Waals surface area contributed by atoms with Crippen LogP contribution in [0.5, 0.6) is 0 Å². The maximum atomic E-state index is 5.45. The summed E-state index contributed by atoms with van der Waals surface area (Å²) in [6.07, 6.45) is 0. The molecule has 0 atom stereocenters. The van der Waals surface area contributed by atoms with E-state index < -0.39 is 0 Å². The van der Waals surface area contributed by atoms with E-state index in [2.05, 4.69) is 45.9 Å². The van der Waals surface area contributed by atoms with Gasteiger partial charge in [0.25, 0.3) is 0 Å². The minimum absolute atomic E-state index is 0.549. The smallest absolute Gasteiger partial charge is 0.175 e. The van der Waals surface area contributed by atoms with Crippen LogP contribution in [0.2, 0.25) is 0 Å². The summed E-state index contributed by atoms with van der Waals surface area (Å²) in [7, 11) is 4.04. The predicted molar refractivity (Wildman–Crippen MR) is 120 cm³/mol. The number of pyridine rings is 1. The van der Waals surface area contributed by atoms with Gasteiger partial charge in [-0.1, -0.05) is 24.3 Å². The lowest BCUT2D eigenvalue weighted by Gasteiger charge is -2.14. The summed E-state index contributed by atoms with van der Waals surface area (Å²) in [5.74, 6) is 0. The quantitative estimate of drug-likeness (QED) is 0.379. The fourth-order valence-corrected chi connectivity index (χ4v) is 3.22. The van der Waals surface area contributed by atoms with Gasteiger partial charge in [-0.15, -0.1) is 0 Å². The summed E-state index contributed by atoms with van der Waals surface area (Å²) in [6, 6.07) is 24.5. The maximum Gasteiger partial charge on any atom is 0.175 e. The monoisotopic (exact) mass is 372 g/mol. The fourth-order valence-electron chi connectivity index (χ4n) is 2.99. The zero-order valence-electron chi connectivity index (χ0n) is 15.2. The lowest BCUT2D eigenvalue weighted by molar-refractivity contribution is 1.13. The van der Waals surface area contributed by atoms with Crippen molar-refractivity contribution in [3.05, 3.63) is 72.8 Å². The maximum absolute atomic E-state index is 5.45. The molecule has 0 aliphatic rings. The first-order valence-corrected chi connectivity index (χ1v) is 9.14. The van der Waals surface area contributed by atoms with Crippen molar-refractivity contribution in [2.75, 3.05) is 29.6 Å². The number of fused-ring (bicyclic) bond motifs is 2. The summed E-state index contributed by atoms with van der Waals surface area (Å²) >= 11 is 5.45. The van der Waals surface area contributed by atoms with E-state index in [0.717, 1.165) is 38.9 Å².